The minimum absolute atomic E-state index is 0.169. The summed E-state index contributed by atoms with van der Waals surface area (Å²) in [5.74, 6) is 0. The molecular formula is C89H60N4OS. The number of furan rings is 1. The summed E-state index contributed by atoms with van der Waals surface area (Å²) in [5.41, 5.74) is 28.0. The number of aromatic nitrogens is 2. The van der Waals surface area contributed by atoms with Crippen molar-refractivity contribution in [2.24, 2.45) is 0 Å². The molecule has 20 rings (SSSR count). The van der Waals surface area contributed by atoms with E-state index in [-0.39, 0.29) is 10.8 Å². The second kappa shape index (κ2) is 20.0. The quantitative estimate of drug-likeness (QED) is 0.142. The largest absolute Gasteiger partial charge is 0.456 e. The molecule has 0 saturated carbocycles. The fourth-order valence-corrected chi connectivity index (χ4v) is 17.8. The molecule has 95 heavy (non-hydrogen) atoms. The predicted molar refractivity (Wildman–Crippen MR) is 398 cm³/mol. The number of anilines is 6. The molecule has 0 amide bonds. The molecule has 0 spiro atoms. The topological polar surface area (TPSA) is 45.4 Å². The normalized spacial score (nSPS) is 13.8. The van der Waals surface area contributed by atoms with Gasteiger partial charge in [-0.15, -0.1) is 11.3 Å². The van der Waals surface area contributed by atoms with Crippen LogP contribution in [0.15, 0.2) is 284 Å². The number of hydrogen-bond acceptors (Lipinski definition) is 6. The molecule has 0 atom stereocenters. The predicted octanol–water partition coefficient (Wildman–Crippen LogP) is 24.7. The lowest BCUT2D eigenvalue weighted by atomic mass is 9.82. The van der Waals surface area contributed by atoms with Crippen molar-refractivity contribution in [3.8, 4) is 55.9 Å². The van der Waals surface area contributed by atoms with Gasteiger partial charge in [0.1, 0.15) is 11.2 Å². The van der Waals surface area contributed by atoms with E-state index in [4.69, 9.17) is 14.4 Å². The van der Waals surface area contributed by atoms with Crippen LogP contribution in [0.5, 0.6) is 0 Å². The second-order valence-electron chi connectivity index (χ2n) is 27.2. The molecule has 13 aromatic carbocycles. The Kier molecular flexibility index (Phi) is 11.4. The van der Waals surface area contributed by atoms with Crippen LogP contribution in [-0.4, -0.2) is 9.97 Å². The maximum atomic E-state index is 6.59. The van der Waals surface area contributed by atoms with Gasteiger partial charge in [-0.2, -0.15) is 0 Å². The van der Waals surface area contributed by atoms with Crippen LogP contribution in [0.1, 0.15) is 61.1 Å². The summed E-state index contributed by atoms with van der Waals surface area (Å²) >= 11 is 1.89. The Morgan fingerprint density at radius 2 is 0.821 bits per heavy atom. The highest BCUT2D eigenvalue weighted by atomic mass is 32.1. The number of pyridine rings is 2. The van der Waals surface area contributed by atoms with Gasteiger partial charge in [0.25, 0.3) is 0 Å². The molecular weight excluding hydrogens is 1170 g/mol. The molecule has 3 aliphatic carbocycles. The van der Waals surface area contributed by atoms with Crippen molar-refractivity contribution < 1.29 is 4.42 Å². The molecule has 0 N–H and O–H groups in total. The molecule has 4 aromatic heterocycles. The van der Waals surface area contributed by atoms with Crippen molar-refractivity contribution in [2.75, 3.05) is 9.80 Å². The molecule has 5 nitrogen and oxygen atoms in total. The third kappa shape index (κ3) is 8.01. The molecule has 448 valence electrons. The smallest absolute Gasteiger partial charge is 0.135 e. The summed E-state index contributed by atoms with van der Waals surface area (Å²) in [6.07, 6.45) is 4.58. The summed E-state index contributed by atoms with van der Waals surface area (Å²) in [6.45, 7) is 9.50. The van der Waals surface area contributed by atoms with Crippen LogP contribution in [-0.2, 0) is 17.3 Å². The van der Waals surface area contributed by atoms with Crippen molar-refractivity contribution in [1.82, 2.24) is 9.97 Å². The minimum atomic E-state index is -0.188. The van der Waals surface area contributed by atoms with E-state index in [1.807, 2.05) is 41.9 Å². The van der Waals surface area contributed by atoms with Crippen LogP contribution in [0, 0.1) is 0 Å². The summed E-state index contributed by atoms with van der Waals surface area (Å²) in [6, 6.07) is 99.7. The van der Waals surface area contributed by atoms with Gasteiger partial charge in [0.15, 0.2) is 0 Å². The van der Waals surface area contributed by atoms with E-state index < -0.39 is 0 Å². The molecule has 0 fully saturated rings. The van der Waals surface area contributed by atoms with E-state index in [9.17, 15) is 0 Å². The first kappa shape index (κ1) is 54.1. The van der Waals surface area contributed by atoms with Gasteiger partial charge in [-0.1, -0.05) is 155 Å². The van der Waals surface area contributed by atoms with E-state index >= 15 is 0 Å². The van der Waals surface area contributed by atoms with E-state index in [1.165, 1.54) is 125 Å². The van der Waals surface area contributed by atoms with Gasteiger partial charge < -0.3 is 14.2 Å². The molecule has 3 aliphatic rings. The van der Waals surface area contributed by atoms with Crippen LogP contribution in [0.3, 0.4) is 0 Å². The Morgan fingerprint density at radius 3 is 1.52 bits per heavy atom. The zero-order valence-electron chi connectivity index (χ0n) is 52.9. The summed E-state index contributed by atoms with van der Waals surface area (Å²) in [7, 11) is 0. The van der Waals surface area contributed by atoms with Crippen LogP contribution in [0.25, 0.3) is 130 Å². The Bertz CT molecular complexity index is 6150. The van der Waals surface area contributed by atoms with E-state index in [1.54, 1.807) is 0 Å². The maximum Gasteiger partial charge on any atom is 0.135 e. The molecule has 17 aromatic rings. The first-order valence-corrected chi connectivity index (χ1v) is 33.8. The van der Waals surface area contributed by atoms with Crippen molar-refractivity contribution >= 4 is 120 Å². The Balaban J connectivity index is 0.753. The average molecular weight is 1230 g/mol. The zero-order chi connectivity index (χ0) is 63.0. The fourth-order valence-electron chi connectivity index (χ4n) is 16.7. The molecule has 0 saturated heterocycles. The lowest BCUT2D eigenvalue weighted by molar-refractivity contribution is 0.660. The highest BCUT2D eigenvalue weighted by Gasteiger charge is 2.38. The maximum absolute atomic E-state index is 6.59. The average Bonchev–Trinajstić information content (AvgIpc) is 1.73. The monoisotopic (exact) mass is 1230 g/mol. The fraction of sp³-hybridized carbons (Fsp3) is 0.0787. The lowest BCUT2D eigenvalue weighted by Gasteiger charge is -2.30. The van der Waals surface area contributed by atoms with Crippen molar-refractivity contribution in [1.29, 1.82) is 0 Å². The van der Waals surface area contributed by atoms with Crippen LogP contribution in [0.4, 0.5) is 34.1 Å². The third-order valence-electron chi connectivity index (χ3n) is 21.4. The zero-order valence-corrected chi connectivity index (χ0v) is 53.7. The van der Waals surface area contributed by atoms with Gasteiger partial charge >= 0.3 is 0 Å². The van der Waals surface area contributed by atoms with E-state index in [0.717, 1.165) is 79.3 Å². The number of fused-ring (bicyclic) bond motifs is 21. The molecule has 4 heterocycles. The number of benzene rings is 13. The number of rotatable bonds is 8. The summed E-state index contributed by atoms with van der Waals surface area (Å²) in [5, 5.41) is 12.0. The Labute approximate surface area is 554 Å². The number of hydrogen-bond donors (Lipinski definition) is 0. The first-order chi connectivity index (χ1) is 46.6. The second-order valence-corrected chi connectivity index (χ2v) is 28.3. The van der Waals surface area contributed by atoms with E-state index in [2.05, 4.69) is 286 Å². The van der Waals surface area contributed by atoms with Gasteiger partial charge in [0, 0.05) is 100 Å². The molecule has 6 heteroatoms. The first-order valence-electron chi connectivity index (χ1n) is 33.0. The van der Waals surface area contributed by atoms with Gasteiger partial charge in [0.05, 0.1) is 17.1 Å². The minimum Gasteiger partial charge on any atom is -0.456 e. The standard InChI is InChI=1S/C89H60N4OS/c1-88(2)77-21-9-7-18-64(77)66-35-30-58(48-79(66)88)92(56-32-38-85-74(46-56)73-44-54(28-37-84(73)94-85)82-24-12-14-41-91-82)55-29-34-63-69(45-55)60-16-5-6-17-61(60)70-50-76-75-47-57(33-39-86(75)95-87(76)51-71(63)70)93(59-31-36-67-65-19-8-10-22-78(65)89(3,4)80(67)49-59)83-25-15-20-62-68-43-53(81-23-11-13-40-90-81)27-26-52(68)42-72(62)83/h5-41,43-51H,42H2,1-4H3. The molecule has 0 aliphatic heterocycles. The molecule has 0 radical (unpaired) electrons. The number of nitrogens with zero attached hydrogens (tertiary/aromatic N) is 4. The summed E-state index contributed by atoms with van der Waals surface area (Å²) in [4.78, 5) is 14.5. The van der Waals surface area contributed by atoms with Crippen LogP contribution < -0.4 is 9.80 Å². The van der Waals surface area contributed by atoms with Gasteiger partial charge in [-0.25, -0.2) is 0 Å². The SMILES string of the molecule is CC1(C)c2ccccc2-c2ccc(N(c3ccc4oc5ccc(-c6ccccn6)cc5c4c3)c3ccc4c(c3)c3ccccc3c3cc5c(cc43)sc3ccc(N(c4ccc6c(c4)C(C)(C)c4ccccc4-6)c4cccc6c4Cc4ccc(-c7ccccn7)cc4-6)cc35)cc21. The summed E-state index contributed by atoms with van der Waals surface area (Å²) < 4.78 is 9.12. The van der Waals surface area contributed by atoms with E-state index in [0.29, 0.717) is 0 Å². The van der Waals surface area contributed by atoms with Crippen LogP contribution >= 0.6 is 11.3 Å². The van der Waals surface area contributed by atoms with Gasteiger partial charge in [0.2, 0.25) is 0 Å². The Hall–Kier alpha value is -11.4. The van der Waals surface area contributed by atoms with Crippen molar-refractivity contribution in [2.45, 2.75) is 44.9 Å². The van der Waals surface area contributed by atoms with Crippen LogP contribution in [0.2, 0.25) is 0 Å². The third-order valence-corrected chi connectivity index (χ3v) is 22.5. The highest BCUT2D eigenvalue weighted by molar-refractivity contribution is 7.26. The highest BCUT2D eigenvalue weighted by Crippen LogP contribution is 2.55. The van der Waals surface area contributed by atoms with Gasteiger partial charge in [-0.3, -0.25) is 9.97 Å². The molecule has 0 bridgehead atoms. The van der Waals surface area contributed by atoms with Gasteiger partial charge in [-0.05, 0) is 239 Å². The van der Waals surface area contributed by atoms with Crippen molar-refractivity contribution in [3.05, 3.63) is 313 Å². The lowest BCUT2D eigenvalue weighted by Crippen LogP contribution is -2.17. The number of thiophene rings is 1. The van der Waals surface area contributed by atoms with Crippen molar-refractivity contribution in [3.63, 3.8) is 0 Å². The molecule has 0 unspecified atom stereocenters. The Morgan fingerprint density at radius 1 is 0.326 bits per heavy atom.